The van der Waals surface area contributed by atoms with Gasteiger partial charge in [0.05, 0.1) is 10.5 Å². The Bertz CT molecular complexity index is 1100. The predicted molar refractivity (Wildman–Crippen MR) is 127 cm³/mol. The summed E-state index contributed by atoms with van der Waals surface area (Å²) in [5, 5.41) is 24.8. The third-order valence-corrected chi connectivity index (χ3v) is 7.88. The molecule has 0 radical (unpaired) electrons. The summed E-state index contributed by atoms with van der Waals surface area (Å²) >= 11 is 1.47. The van der Waals surface area contributed by atoms with Crippen molar-refractivity contribution < 1.29 is 9.72 Å². The van der Waals surface area contributed by atoms with E-state index in [1.165, 1.54) is 22.3 Å². The minimum Gasteiger partial charge on any atom is -0.366 e. The number of amides is 1. The van der Waals surface area contributed by atoms with Gasteiger partial charge in [-0.15, -0.1) is 11.3 Å². The molecular weight excluding hydrogens is 424 g/mol. The molecule has 168 valence electrons. The Morgan fingerprint density at radius 2 is 2.03 bits per heavy atom. The number of rotatable bonds is 4. The predicted octanol–water partition coefficient (Wildman–Crippen LogP) is 5.53. The van der Waals surface area contributed by atoms with Crippen LogP contribution in [0, 0.1) is 32.8 Å². The molecule has 0 bridgehead atoms. The van der Waals surface area contributed by atoms with Crippen molar-refractivity contribution in [1.29, 1.82) is 5.26 Å². The van der Waals surface area contributed by atoms with Gasteiger partial charge in [0.15, 0.2) is 0 Å². The normalized spacial score (nSPS) is 18.2. The Balaban J connectivity index is 1.60. The van der Waals surface area contributed by atoms with Crippen molar-refractivity contribution in [3.63, 3.8) is 0 Å². The molecule has 1 aromatic heterocycles. The third kappa shape index (κ3) is 4.22. The Hall–Kier alpha value is -2.92. The third-order valence-electron chi connectivity index (χ3n) is 6.71. The average Bonchev–Trinajstić information content (AvgIpc) is 3.39. The number of hydrogen-bond donors (Lipinski definition) is 1. The first-order chi connectivity index (χ1) is 15.2. The Morgan fingerprint density at radius 1 is 1.31 bits per heavy atom. The molecule has 0 unspecified atom stereocenters. The van der Waals surface area contributed by atoms with Gasteiger partial charge < -0.3 is 10.2 Å². The molecule has 0 spiro atoms. The highest BCUT2D eigenvalue weighted by atomic mass is 32.1. The van der Waals surface area contributed by atoms with Crippen molar-refractivity contribution >= 4 is 33.6 Å². The van der Waals surface area contributed by atoms with Crippen molar-refractivity contribution in [2.45, 2.75) is 52.9 Å². The number of thiophene rings is 1. The minimum absolute atomic E-state index is 0.0569. The maximum atomic E-state index is 13.0. The van der Waals surface area contributed by atoms with Crippen molar-refractivity contribution in [3.8, 4) is 6.07 Å². The van der Waals surface area contributed by atoms with E-state index in [1.54, 1.807) is 12.1 Å². The molecule has 1 aliphatic carbocycles. The maximum Gasteiger partial charge on any atom is 0.293 e. The standard InChI is InChI=1S/C24H28N4O3S/c1-24(2,3)16-7-8-17-18(14-25)23(32-21(17)13-16)26-22(29)15-6-9-19(20(12-15)28(30)31)27-10-4-5-11-27/h6,9,12,16H,4-5,7-8,10-11,13H2,1-3H3,(H,26,29)/t16-/m0/s1. The molecule has 2 aliphatic rings. The molecule has 7 nitrogen and oxygen atoms in total. The van der Waals surface area contributed by atoms with E-state index in [-0.39, 0.29) is 16.7 Å². The summed E-state index contributed by atoms with van der Waals surface area (Å²) in [5.41, 5.74) is 2.49. The van der Waals surface area contributed by atoms with Gasteiger partial charge in [0.2, 0.25) is 0 Å². The van der Waals surface area contributed by atoms with Gasteiger partial charge >= 0.3 is 0 Å². The van der Waals surface area contributed by atoms with Crippen molar-refractivity contribution in [2.75, 3.05) is 23.3 Å². The SMILES string of the molecule is CC(C)(C)[C@H]1CCc2c(sc(NC(=O)c3ccc(N4CCCC4)c([N+](=O)[O-])c3)c2C#N)C1. The topological polar surface area (TPSA) is 99.3 Å². The number of nitrogens with zero attached hydrogens (tertiary/aromatic N) is 3. The number of benzene rings is 1. The second-order valence-electron chi connectivity index (χ2n) is 9.73. The fourth-order valence-electron chi connectivity index (χ4n) is 4.74. The Labute approximate surface area is 192 Å². The molecule has 0 saturated carbocycles. The van der Waals surface area contributed by atoms with Crippen LogP contribution in [-0.2, 0) is 12.8 Å². The molecule has 1 saturated heterocycles. The van der Waals surface area contributed by atoms with E-state index in [1.807, 2.05) is 4.90 Å². The number of nitro groups is 1. The van der Waals surface area contributed by atoms with Gasteiger partial charge in [-0.05, 0) is 61.1 Å². The molecule has 2 heterocycles. The van der Waals surface area contributed by atoms with Crippen LogP contribution in [0.3, 0.4) is 0 Å². The molecule has 4 rings (SSSR count). The lowest BCUT2D eigenvalue weighted by Gasteiger charge is -2.33. The highest BCUT2D eigenvalue weighted by molar-refractivity contribution is 7.16. The van der Waals surface area contributed by atoms with E-state index in [2.05, 4.69) is 32.2 Å². The van der Waals surface area contributed by atoms with Gasteiger partial charge in [-0.1, -0.05) is 20.8 Å². The van der Waals surface area contributed by atoms with E-state index < -0.39 is 10.8 Å². The Kier molecular flexibility index (Phi) is 5.95. The monoisotopic (exact) mass is 452 g/mol. The van der Waals surface area contributed by atoms with Crippen LogP contribution in [-0.4, -0.2) is 23.9 Å². The quantitative estimate of drug-likeness (QED) is 0.485. The minimum atomic E-state index is -0.429. The van der Waals surface area contributed by atoms with Crippen molar-refractivity contribution in [2.24, 2.45) is 11.3 Å². The number of hydrogen-bond acceptors (Lipinski definition) is 6. The average molecular weight is 453 g/mol. The number of nitriles is 1. The summed E-state index contributed by atoms with van der Waals surface area (Å²) in [4.78, 5) is 27.4. The van der Waals surface area contributed by atoms with E-state index in [9.17, 15) is 20.2 Å². The lowest BCUT2D eigenvalue weighted by Crippen LogP contribution is -2.26. The summed E-state index contributed by atoms with van der Waals surface area (Å²) in [5.74, 6) is 0.105. The van der Waals surface area contributed by atoms with Crippen LogP contribution < -0.4 is 10.2 Å². The highest BCUT2D eigenvalue weighted by Crippen LogP contribution is 2.44. The first-order valence-electron chi connectivity index (χ1n) is 11.1. The zero-order chi connectivity index (χ0) is 23.0. The van der Waals surface area contributed by atoms with Gasteiger partial charge in [-0.3, -0.25) is 14.9 Å². The smallest absolute Gasteiger partial charge is 0.293 e. The zero-order valence-corrected chi connectivity index (χ0v) is 19.6. The number of fused-ring (bicyclic) bond motifs is 1. The van der Waals surface area contributed by atoms with Gasteiger partial charge in [-0.2, -0.15) is 5.26 Å². The first-order valence-corrected chi connectivity index (χ1v) is 11.9. The van der Waals surface area contributed by atoms with Crippen LogP contribution in [0.1, 0.15) is 66.4 Å². The largest absolute Gasteiger partial charge is 0.366 e. The second-order valence-corrected chi connectivity index (χ2v) is 10.8. The second kappa shape index (κ2) is 8.55. The Morgan fingerprint density at radius 3 is 2.66 bits per heavy atom. The van der Waals surface area contributed by atoms with Crippen LogP contribution >= 0.6 is 11.3 Å². The molecule has 32 heavy (non-hydrogen) atoms. The summed E-state index contributed by atoms with van der Waals surface area (Å²) in [7, 11) is 0. The van der Waals surface area contributed by atoms with Gasteiger partial charge in [0.1, 0.15) is 16.8 Å². The fourth-order valence-corrected chi connectivity index (χ4v) is 6.02. The molecule has 2 aromatic rings. The molecule has 1 fully saturated rings. The van der Waals surface area contributed by atoms with E-state index >= 15 is 0 Å². The number of nitrogens with one attached hydrogen (secondary N) is 1. The van der Waals surface area contributed by atoms with Gasteiger partial charge in [0, 0.05) is 29.6 Å². The van der Waals surface area contributed by atoms with Crippen molar-refractivity contribution in [1.82, 2.24) is 0 Å². The number of carbonyl (C=O) groups excluding carboxylic acids is 1. The van der Waals surface area contributed by atoms with E-state index in [0.717, 1.165) is 50.8 Å². The summed E-state index contributed by atoms with van der Waals surface area (Å²) in [6.45, 7) is 8.29. The first kappa shape index (κ1) is 22.3. The van der Waals surface area contributed by atoms with Crippen LogP contribution in [0.2, 0.25) is 0 Å². The summed E-state index contributed by atoms with van der Waals surface area (Å²) < 4.78 is 0. The molecule has 8 heteroatoms. The molecule has 1 aromatic carbocycles. The lowest BCUT2D eigenvalue weighted by atomic mass is 9.72. The molecule has 1 amide bonds. The summed E-state index contributed by atoms with van der Waals surface area (Å²) in [6.07, 6.45) is 4.79. The van der Waals surface area contributed by atoms with Crippen LogP contribution in [0.5, 0.6) is 0 Å². The molecule has 1 atom stereocenters. The van der Waals surface area contributed by atoms with Crippen LogP contribution in [0.25, 0.3) is 0 Å². The number of carbonyl (C=O) groups is 1. The number of anilines is 2. The van der Waals surface area contributed by atoms with E-state index in [4.69, 9.17) is 0 Å². The molecular formula is C24H28N4O3S. The van der Waals surface area contributed by atoms with Crippen molar-refractivity contribution in [3.05, 3.63) is 49.9 Å². The van der Waals surface area contributed by atoms with E-state index in [0.29, 0.717) is 22.2 Å². The van der Waals surface area contributed by atoms with Crippen LogP contribution in [0.15, 0.2) is 18.2 Å². The van der Waals surface area contributed by atoms with Gasteiger partial charge in [0.25, 0.3) is 11.6 Å². The highest BCUT2D eigenvalue weighted by Gasteiger charge is 2.32. The molecule has 1 aliphatic heterocycles. The number of nitro benzene ring substituents is 1. The summed E-state index contributed by atoms with van der Waals surface area (Å²) in [6, 6.07) is 6.91. The fraction of sp³-hybridized carbons (Fsp3) is 0.500. The zero-order valence-electron chi connectivity index (χ0n) is 18.7. The maximum absolute atomic E-state index is 13.0. The van der Waals surface area contributed by atoms with Crippen LogP contribution in [0.4, 0.5) is 16.4 Å². The molecule has 1 N–H and O–H groups in total. The van der Waals surface area contributed by atoms with Gasteiger partial charge in [-0.25, -0.2) is 0 Å². The lowest BCUT2D eigenvalue weighted by molar-refractivity contribution is -0.384.